The van der Waals surface area contributed by atoms with E-state index < -0.39 is 0 Å². The summed E-state index contributed by atoms with van der Waals surface area (Å²) >= 11 is 6.29. The maximum Gasteiger partial charge on any atom is 0.191 e. The number of aromatic nitrogens is 1. The van der Waals surface area contributed by atoms with Gasteiger partial charge in [0.15, 0.2) is 5.96 Å². The monoisotopic (exact) mass is 421 g/mol. The second-order valence-corrected chi connectivity index (χ2v) is 8.27. The normalized spacial score (nSPS) is 21.6. The zero-order chi connectivity index (χ0) is 20.5. The minimum Gasteiger partial charge on any atom is -0.356 e. The van der Waals surface area contributed by atoms with Crippen molar-refractivity contribution < 1.29 is 0 Å². The predicted molar refractivity (Wildman–Crippen MR) is 122 cm³/mol. The quantitative estimate of drug-likeness (QED) is 0.380. The van der Waals surface area contributed by atoms with Gasteiger partial charge in [-0.2, -0.15) is 0 Å². The molecule has 29 heavy (non-hydrogen) atoms. The third-order valence-corrected chi connectivity index (χ3v) is 6.19. The van der Waals surface area contributed by atoms with Gasteiger partial charge >= 0.3 is 0 Å². The molecule has 0 radical (unpaired) electrons. The van der Waals surface area contributed by atoms with Crippen molar-refractivity contribution in [3.8, 4) is 0 Å². The third-order valence-electron chi connectivity index (χ3n) is 5.90. The highest BCUT2D eigenvalue weighted by atomic mass is 35.5. The van der Waals surface area contributed by atoms with Crippen LogP contribution in [0.4, 0.5) is 5.82 Å². The Bertz CT molecular complexity index is 646. The maximum absolute atomic E-state index is 6.29. The molecule has 0 aromatic carbocycles. The molecular weight excluding hydrogens is 386 g/mol. The number of anilines is 1. The van der Waals surface area contributed by atoms with Crippen molar-refractivity contribution in [1.82, 2.24) is 25.4 Å². The van der Waals surface area contributed by atoms with Gasteiger partial charge in [0.2, 0.25) is 0 Å². The van der Waals surface area contributed by atoms with E-state index in [-0.39, 0.29) is 0 Å². The van der Waals surface area contributed by atoms with Gasteiger partial charge in [-0.3, -0.25) is 4.99 Å². The van der Waals surface area contributed by atoms with Crippen LogP contribution in [0.2, 0.25) is 5.02 Å². The van der Waals surface area contributed by atoms with Gasteiger partial charge in [0.25, 0.3) is 0 Å². The van der Waals surface area contributed by atoms with Gasteiger partial charge in [0, 0.05) is 65.1 Å². The molecule has 1 atom stereocenters. The molecule has 8 heteroatoms. The highest BCUT2D eigenvalue weighted by Gasteiger charge is 2.25. The Morgan fingerprint density at radius 1 is 1.21 bits per heavy atom. The molecule has 0 saturated carbocycles. The molecule has 162 valence electrons. The molecule has 0 spiro atoms. The van der Waals surface area contributed by atoms with Crippen molar-refractivity contribution >= 4 is 23.4 Å². The Hall–Kier alpha value is -1.57. The van der Waals surface area contributed by atoms with Crippen LogP contribution in [0.5, 0.6) is 0 Å². The number of guanidine groups is 1. The van der Waals surface area contributed by atoms with Crippen LogP contribution < -0.4 is 15.5 Å². The zero-order valence-corrected chi connectivity index (χ0v) is 18.7. The molecule has 1 unspecified atom stereocenters. The second-order valence-electron chi connectivity index (χ2n) is 7.87. The average molecular weight is 422 g/mol. The summed E-state index contributed by atoms with van der Waals surface area (Å²) in [5.74, 6) is 1.77. The molecule has 1 aromatic rings. The standard InChI is InChI=1S/C21H36ClN7/c1-3-27-13-15-28(16-14-27)11-5-4-9-25-21(23-2)26-18-8-12-29(17-18)20-19(22)7-6-10-24-20/h6-7,10,18H,3-5,8-9,11-17H2,1-2H3,(H2,23,25,26). The highest BCUT2D eigenvalue weighted by molar-refractivity contribution is 6.32. The summed E-state index contributed by atoms with van der Waals surface area (Å²) in [6, 6.07) is 4.12. The van der Waals surface area contributed by atoms with Crippen molar-refractivity contribution in [2.45, 2.75) is 32.2 Å². The number of nitrogens with zero attached hydrogens (tertiary/aromatic N) is 5. The Morgan fingerprint density at radius 2 is 2.00 bits per heavy atom. The molecule has 0 bridgehead atoms. The number of halogens is 1. The first-order valence-corrected chi connectivity index (χ1v) is 11.3. The van der Waals surface area contributed by atoms with Crippen LogP contribution in [0.1, 0.15) is 26.2 Å². The molecule has 7 nitrogen and oxygen atoms in total. The topological polar surface area (TPSA) is 59.0 Å². The van der Waals surface area contributed by atoms with Crippen molar-refractivity contribution in [2.75, 3.05) is 70.9 Å². The molecule has 3 rings (SSSR count). The molecule has 2 saturated heterocycles. The number of rotatable bonds is 8. The summed E-state index contributed by atoms with van der Waals surface area (Å²) in [5, 5.41) is 7.73. The van der Waals surface area contributed by atoms with E-state index in [1.807, 2.05) is 19.2 Å². The number of nitrogens with one attached hydrogen (secondary N) is 2. The minimum absolute atomic E-state index is 0.356. The van der Waals surface area contributed by atoms with Crippen LogP contribution in [0, 0.1) is 0 Å². The third kappa shape index (κ3) is 6.73. The lowest BCUT2D eigenvalue weighted by molar-refractivity contribution is 0.136. The van der Waals surface area contributed by atoms with E-state index in [4.69, 9.17) is 11.6 Å². The minimum atomic E-state index is 0.356. The number of unbranched alkanes of at least 4 members (excludes halogenated alkanes) is 1. The average Bonchev–Trinajstić information content (AvgIpc) is 3.21. The van der Waals surface area contributed by atoms with E-state index in [1.165, 1.54) is 45.7 Å². The van der Waals surface area contributed by atoms with Crippen LogP contribution in [0.25, 0.3) is 0 Å². The molecule has 3 heterocycles. The maximum atomic E-state index is 6.29. The number of hydrogen-bond acceptors (Lipinski definition) is 5. The number of likely N-dealkylation sites (N-methyl/N-ethyl adjacent to an activating group) is 1. The SMILES string of the molecule is CCN1CCN(CCCCNC(=NC)NC2CCN(c3ncccc3Cl)C2)CC1. The highest BCUT2D eigenvalue weighted by Crippen LogP contribution is 2.25. The fourth-order valence-electron chi connectivity index (χ4n) is 4.06. The van der Waals surface area contributed by atoms with Crippen LogP contribution in [0.3, 0.4) is 0 Å². The van der Waals surface area contributed by atoms with Crippen LogP contribution in [-0.2, 0) is 0 Å². The predicted octanol–water partition coefficient (Wildman–Crippen LogP) is 1.90. The largest absolute Gasteiger partial charge is 0.356 e. The Morgan fingerprint density at radius 3 is 2.72 bits per heavy atom. The molecular formula is C21H36ClN7. The summed E-state index contributed by atoms with van der Waals surface area (Å²) < 4.78 is 0. The van der Waals surface area contributed by atoms with Gasteiger partial charge in [0.1, 0.15) is 5.82 Å². The molecule has 0 aliphatic carbocycles. The van der Waals surface area contributed by atoms with E-state index in [2.05, 4.69) is 42.2 Å². The number of hydrogen-bond donors (Lipinski definition) is 2. The van der Waals surface area contributed by atoms with Gasteiger partial charge in [0.05, 0.1) is 5.02 Å². The number of aliphatic imine (C=N–C) groups is 1. The number of pyridine rings is 1. The van der Waals surface area contributed by atoms with E-state index in [0.29, 0.717) is 11.1 Å². The van der Waals surface area contributed by atoms with Crippen molar-refractivity contribution in [3.05, 3.63) is 23.4 Å². The fourth-order valence-corrected chi connectivity index (χ4v) is 4.31. The van der Waals surface area contributed by atoms with Crippen LogP contribution in [0.15, 0.2) is 23.3 Å². The lowest BCUT2D eigenvalue weighted by atomic mass is 10.2. The Kier molecular flexibility index (Phi) is 8.83. The van der Waals surface area contributed by atoms with E-state index >= 15 is 0 Å². The fraction of sp³-hybridized carbons (Fsp3) is 0.714. The molecule has 2 aliphatic heterocycles. The first kappa shape index (κ1) is 22.1. The lowest BCUT2D eigenvalue weighted by Gasteiger charge is -2.34. The molecule has 2 fully saturated rings. The van der Waals surface area contributed by atoms with Crippen molar-refractivity contribution in [3.63, 3.8) is 0 Å². The lowest BCUT2D eigenvalue weighted by Crippen LogP contribution is -2.46. The Balaban J connectivity index is 1.31. The molecule has 2 N–H and O–H groups in total. The van der Waals surface area contributed by atoms with Crippen LogP contribution in [-0.4, -0.2) is 92.7 Å². The van der Waals surface area contributed by atoms with Gasteiger partial charge in [-0.15, -0.1) is 0 Å². The van der Waals surface area contributed by atoms with Crippen molar-refractivity contribution in [1.29, 1.82) is 0 Å². The van der Waals surface area contributed by atoms with Gasteiger partial charge in [-0.05, 0) is 44.5 Å². The molecule has 1 aromatic heterocycles. The van der Waals surface area contributed by atoms with Gasteiger partial charge in [-0.1, -0.05) is 18.5 Å². The summed E-state index contributed by atoms with van der Waals surface area (Å²) in [6.07, 6.45) is 5.24. The van der Waals surface area contributed by atoms with Crippen molar-refractivity contribution in [2.24, 2.45) is 4.99 Å². The van der Waals surface area contributed by atoms with E-state index in [9.17, 15) is 0 Å². The molecule has 0 amide bonds. The number of piperazine rings is 1. The first-order chi connectivity index (χ1) is 14.2. The zero-order valence-electron chi connectivity index (χ0n) is 17.9. The summed E-state index contributed by atoms with van der Waals surface area (Å²) in [7, 11) is 1.84. The van der Waals surface area contributed by atoms with E-state index in [0.717, 1.165) is 44.3 Å². The van der Waals surface area contributed by atoms with E-state index in [1.54, 1.807) is 6.20 Å². The smallest absolute Gasteiger partial charge is 0.191 e. The second kappa shape index (κ2) is 11.6. The van der Waals surface area contributed by atoms with Gasteiger partial charge in [-0.25, -0.2) is 4.98 Å². The van der Waals surface area contributed by atoms with Crippen LogP contribution >= 0.6 is 11.6 Å². The van der Waals surface area contributed by atoms with Gasteiger partial charge < -0.3 is 25.3 Å². The Labute approximate surface area is 180 Å². The summed E-state index contributed by atoms with van der Waals surface area (Å²) in [6.45, 7) is 12.3. The molecule has 2 aliphatic rings. The summed E-state index contributed by atoms with van der Waals surface area (Å²) in [5.41, 5.74) is 0. The summed E-state index contributed by atoms with van der Waals surface area (Å²) in [4.78, 5) is 16.2. The first-order valence-electron chi connectivity index (χ1n) is 11.0.